The molecule has 0 saturated heterocycles. The molecule has 0 bridgehead atoms. The van der Waals surface area contributed by atoms with E-state index in [4.69, 9.17) is 0 Å². The van der Waals surface area contributed by atoms with Gasteiger partial charge in [0.2, 0.25) is 0 Å². The van der Waals surface area contributed by atoms with Gasteiger partial charge in [-0.05, 0) is 31.5 Å². The fraction of sp³-hybridized carbons (Fsp3) is 0.167. The molecule has 0 radical (unpaired) electrons. The van der Waals surface area contributed by atoms with Crippen LogP contribution in [0.2, 0.25) is 0 Å². The molecule has 3 nitrogen and oxygen atoms in total. The van der Waals surface area contributed by atoms with E-state index in [-0.39, 0.29) is 11.6 Å². The number of aromatic nitrogens is 2. The minimum Gasteiger partial charge on any atom is -0.339 e. The van der Waals surface area contributed by atoms with Crippen LogP contribution in [-0.4, -0.2) is 15.8 Å². The number of benzene rings is 1. The number of halogens is 1. The molecule has 17 heavy (non-hydrogen) atoms. The summed E-state index contributed by atoms with van der Waals surface area (Å²) in [5, 5.41) is 0.679. The summed E-state index contributed by atoms with van der Waals surface area (Å²) >= 11 is 1.32. The molecule has 0 atom stereocenters. The number of H-pyrrole nitrogens is 1. The zero-order valence-electron chi connectivity index (χ0n) is 9.45. The van der Waals surface area contributed by atoms with Gasteiger partial charge in [-0.25, -0.2) is 9.37 Å². The molecule has 0 spiro atoms. The predicted molar refractivity (Wildman–Crippen MR) is 63.9 cm³/mol. The van der Waals surface area contributed by atoms with Gasteiger partial charge in [-0.2, -0.15) is 0 Å². The van der Waals surface area contributed by atoms with Crippen molar-refractivity contribution in [1.29, 1.82) is 0 Å². The molecule has 1 heterocycles. The van der Waals surface area contributed by atoms with Crippen LogP contribution in [0.15, 0.2) is 34.6 Å². The highest BCUT2D eigenvalue weighted by atomic mass is 32.2. The summed E-state index contributed by atoms with van der Waals surface area (Å²) in [4.78, 5) is 19.2. The topological polar surface area (TPSA) is 45.8 Å². The Labute approximate surface area is 102 Å². The number of hydrogen-bond donors (Lipinski definition) is 1. The van der Waals surface area contributed by atoms with Crippen molar-refractivity contribution in [2.24, 2.45) is 0 Å². The molecule has 1 aromatic carbocycles. The van der Waals surface area contributed by atoms with E-state index in [0.717, 1.165) is 0 Å². The average Bonchev–Trinajstić information content (AvgIpc) is 2.75. The second-order valence-electron chi connectivity index (χ2n) is 3.65. The van der Waals surface area contributed by atoms with E-state index in [1.165, 1.54) is 24.8 Å². The maximum absolute atomic E-state index is 13.4. The summed E-state index contributed by atoms with van der Waals surface area (Å²) in [6, 6.07) is 2.95. The van der Waals surface area contributed by atoms with Crippen molar-refractivity contribution in [3.63, 3.8) is 0 Å². The summed E-state index contributed by atoms with van der Waals surface area (Å²) < 4.78 is 13.4. The van der Waals surface area contributed by atoms with Gasteiger partial charge in [0.25, 0.3) is 0 Å². The third-order valence-electron chi connectivity index (χ3n) is 2.32. The molecular weight excluding hydrogens is 239 g/mol. The Bertz CT molecular complexity index is 552. The minimum atomic E-state index is -0.362. The fourth-order valence-corrected chi connectivity index (χ4v) is 2.42. The highest BCUT2D eigenvalue weighted by Gasteiger charge is 2.13. The van der Waals surface area contributed by atoms with Crippen LogP contribution in [0.3, 0.4) is 0 Å². The van der Waals surface area contributed by atoms with Crippen LogP contribution in [0, 0.1) is 12.7 Å². The Morgan fingerprint density at radius 2 is 2.24 bits per heavy atom. The molecule has 1 N–H and O–H groups in total. The number of carbonyl (C=O) groups is 1. The van der Waals surface area contributed by atoms with E-state index in [0.29, 0.717) is 21.2 Å². The molecule has 0 amide bonds. The average molecular weight is 250 g/mol. The SMILES string of the molecule is CC(=O)c1cc(F)c(C)cc1Sc1ncc[nH]1. The van der Waals surface area contributed by atoms with Crippen molar-refractivity contribution in [2.45, 2.75) is 23.9 Å². The molecule has 0 fully saturated rings. The Morgan fingerprint density at radius 1 is 1.47 bits per heavy atom. The van der Waals surface area contributed by atoms with Gasteiger partial charge in [0.15, 0.2) is 10.9 Å². The van der Waals surface area contributed by atoms with Crippen LogP contribution in [0.25, 0.3) is 0 Å². The third-order valence-corrected chi connectivity index (χ3v) is 3.29. The molecule has 2 rings (SSSR count). The molecule has 0 aliphatic rings. The second kappa shape index (κ2) is 4.71. The van der Waals surface area contributed by atoms with Crippen LogP contribution in [-0.2, 0) is 0 Å². The first-order valence-electron chi connectivity index (χ1n) is 5.06. The quantitative estimate of drug-likeness (QED) is 0.851. The van der Waals surface area contributed by atoms with E-state index < -0.39 is 0 Å². The number of aromatic amines is 1. The highest BCUT2D eigenvalue weighted by Crippen LogP contribution is 2.30. The number of nitrogens with one attached hydrogen (secondary N) is 1. The van der Waals surface area contributed by atoms with Crippen molar-refractivity contribution in [2.75, 3.05) is 0 Å². The van der Waals surface area contributed by atoms with Crippen molar-refractivity contribution >= 4 is 17.5 Å². The van der Waals surface area contributed by atoms with E-state index in [9.17, 15) is 9.18 Å². The number of carbonyl (C=O) groups excluding carboxylic acids is 1. The second-order valence-corrected chi connectivity index (χ2v) is 4.68. The number of Topliss-reactive ketones (excluding diaryl/α,β-unsaturated/α-hetero) is 1. The number of nitrogens with zero attached hydrogens (tertiary/aromatic N) is 1. The Morgan fingerprint density at radius 3 is 2.82 bits per heavy atom. The van der Waals surface area contributed by atoms with Crippen LogP contribution < -0.4 is 0 Å². The van der Waals surface area contributed by atoms with Gasteiger partial charge in [-0.1, -0.05) is 11.8 Å². The molecular formula is C12H11FN2OS. The molecule has 5 heteroatoms. The lowest BCUT2D eigenvalue weighted by atomic mass is 10.1. The monoisotopic (exact) mass is 250 g/mol. The standard InChI is InChI=1S/C12H11FN2OS/c1-7-5-11(17-12-14-3-4-15-12)9(8(2)16)6-10(7)13/h3-6H,1-2H3,(H,14,15). The number of rotatable bonds is 3. The molecule has 0 aliphatic carbocycles. The molecule has 1 aromatic heterocycles. The van der Waals surface area contributed by atoms with Gasteiger partial charge >= 0.3 is 0 Å². The van der Waals surface area contributed by atoms with Crippen LogP contribution in [0.4, 0.5) is 4.39 Å². The van der Waals surface area contributed by atoms with Gasteiger partial charge in [0.1, 0.15) is 5.82 Å². The molecule has 0 unspecified atom stereocenters. The van der Waals surface area contributed by atoms with Gasteiger partial charge in [-0.3, -0.25) is 4.79 Å². The van der Waals surface area contributed by atoms with E-state index in [1.807, 2.05) is 0 Å². The summed E-state index contributed by atoms with van der Waals surface area (Å²) in [5.74, 6) is -0.517. The van der Waals surface area contributed by atoms with Gasteiger partial charge in [0.05, 0.1) is 0 Å². The predicted octanol–water partition coefficient (Wildman–Crippen LogP) is 3.21. The lowest BCUT2D eigenvalue weighted by Gasteiger charge is -2.07. The van der Waals surface area contributed by atoms with E-state index in [1.54, 1.807) is 25.4 Å². The first-order valence-corrected chi connectivity index (χ1v) is 5.88. The Balaban J connectivity index is 2.44. The van der Waals surface area contributed by atoms with Crippen LogP contribution in [0.1, 0.15) is 22.8 Å². The maximum atomic E-state index is 13.4. The molecule has 0 aliphatic heterocycles. The minimum absolute atomic E-state index is 0.155. The normalized spacial score (nSPS) is 10.5. The van der Waals surface area contributed by atoms with E-state index in [2.05, 4.69) is 9.97 Å². The zero-order chi connectivity index (χ0) is 12.4. The number of aryl methyl sites for hydroxylation is 1. The lowest BCUT2D eigenvalue weighted by Crippen LogP contribution is -1.98. The largest absolute Gasteiger partial charge is 0.339 e. The van der Waals surface area contributed by atoms with Crippen molar-refractivity contribution in [1.82, 2.24) is 9.97 Å². The molecule has 2 aromatic rings. The first-order chi connectivity index (χ1) is 8.08. The zero-order valence-corrected chi connectivity index (χ0v) is 10.3. The third kappa shape index (κ3) is 2.55. The Hall–Kier alpha value is -1.62. The van der Waals surface area contributed by atoms with E-state index >= 15 is 0 Å². The lowest BCUT2D eigenvalue weighted by molar-refractivity contribution is 0.101. The summed E-state index contributed by atoms with van der Waals surface area (Å²) in [7, 11) is 0. The summed E-state index contributed by atoms with van der Waals surface area (Å²) in [5.41, 5.74) is 0.901. The summed E-state index contributed by atoms with van der Waals surface area (Å²) in [6.07, 6.45) is 3.33. The van der Waals surface area contributed by atoms with Gasteiger partial charge in [-0.15, -0.1) is 0 Å². The number of imidazole rings is 1. The molecule has 0 saturated carbocycles. The summed E-state index contributed by atoms with van der Waals surface area (Å²) in [6.45, 7) is 3.10. The highest BCUT2D eigenvalue weighted by molar-refractivity contribution is 7.99. The number of hydrogen-bond acceptors (Lipinski definition) is 3. The first kappa shape index (κ1) is 11.9. The number of ketones is 1. The van der Waals surface area contributed by atoms with Crippen molar-refractivity contribution in [3.8, 4) is 0 Å². The fourth-order valence-electron chi connectivity index (χ4n) is 1.43. The Kier molecular flexibility index (Phi) is 3.28. The maximum Gasteiger partial charge on any atom is 0.170 e. The van der Waals surface area contributed by atoms with Crippen molar-refractivity contribution < 1.29 is 9.18 Å². The molecule has 88 valence electrons. The van der Waals surface area contributed by atoms with Gasteiger partial charge in [0, 0.05) is 22.9 Å². The van der Waals surface area contributed by atoms with Crippen molar-refractivity contribution in [3.05, 3.63) is 41.5 Å². The van der Waals surface area contributed by atoms with Crippen LogP contribution in [0.5, 0.6) is 0 Å². The van der Waals surface area contributed by atoms with Crippen LogP contribution >= 0.6 is 11.8 Å². The smallest absolute Gasteiger partial charge is 0.170 e. The van der Waals surface area contributed by atoms with Gasteiger partial charge < -0.3 is 4.98 Å².